The van der Waals surface area contributed by atoms with Crippen LogP contribution in [0.3, 0.4) is 0 Å². The molecule has 0 aliphatic rings. The maximum absolute atomic E-state index is 12.5. The van der Waals surface area contributed by atoms with Crippen molar-refractivity contribution < 1.29 is 9.53 Å². The van der Waals surface area contributed by atoms with Gasteiger partial charge in [0.05, 0.1) is 12.8 Å². The number of amides is 1. The zero-order valence-electron chi connectivity index (χ0n) is 19.1. The number of para-hydroxylation sites is 1. The van der Waals surface area contributed by atoms with Crippen molar-refractivity contribution in [2.24, 2.45) is 0 Å². The lowest BCUT2D eigenvalue weighted by Crippen LogP contribution is -2.27. The third-order valence-electron chi connectivity index (χ3n) is 5.23. The van der Waals surface area contributed by atoms with Gasteiger partial charge >= 0.3 is 0 Å². The molecule has 0 fully saturated rings. The van der Waals surface area contributed by atoms with Crippen molar-refractivity contribution in [2.45, 2.75) is 6.42 Å². The van der Waals surface area contributed by atoms with Gasteiger partial charge in [0.15, 0.2) is 0 Å². The van der Waals surface area contributed by atoms with E-state index in [2.05, 4.69) is 30.5 Å². The fourth-order valence-corrected chi connectivity index (χ4v) is 3.58. The molecule has 8 heteroatoms. The largest absolute Gasteiger partial charge is 0.496 e. The van der Waals surface area contributed by atoms with Gasteiger partial charge in [-0.25, -0.2) is 9.97 Å². The Bertz CT molecular complexity index is 1250. The highest BCUT2D eigenvalue weighted by atomic mass is 16.5. The number of hydrogen-bond donors (Lipinski definition) is 3. The smallest absolute Gasteiger partial charge is 0.267 e. The first-order valence-corrected chi connectivity index (χ1v) is 10.8. The highest BCUT2D eigenvalue weighted by Crippen LogP contribution is 2.29. The minimum Gasteiger partial charge on any atom is -0.496 e. The lowest BCUT2D eigenvalue weighted by atomic mass is 10.1. The van der Waals surface area contributed by atoms with Crippen LogP contribution in [-0.4, -0.2) is 60.1 Å². The Hall–Kier alpha value is -3.91. The van der Waals surface area contributed by atoms with Gasteiger partial charge in [-0.3, -0.25) is 4.79 Å². The third-order valence-corrected chi connectivity index (χ3v) is 5.23. The molecule has 0 unspecified atom stereocenters. The Morgan fingerprint density at radius 1 is 1.12 bits per heavy atom. The number of carbonyl (C=O) groups excluding carboxylic acids is 1. The van der Waals surface area contributed by atoms with Gasteiger partial charge < -0.3 is 25.3 Å². The maximum atomic E-state index is 12.5. The van der Waals surface area contributed by atoms with E-state index in [1.165, 1.54) is 0 Å². The summed E-state index contributed by atoms with van der Waals surface area (Å²) in [6, 6.07) is 17.3. The first-order chi connectivity index (χ1) is 16.0. The van der Waals surface area contributed by atoms with Crippen molar-refractivity contribution in [3.8, 4) is 17.0 Å². The summed E-state index contributed by atoms with van der Waals surface area (Å²) in [5.41, 5.74) is 3.93. The molecule has 0 radical (unpaired) electrons. The maximum Gasteiger partial charge on any atom is 0.267 e. The Morgan fingerprint density at radius 2 is 1.97 bits per heavy atom. The van der Waals surface area contributed by atoms with Gasteiger partial charge in [-0.2, -0.15) is 0 Å². The second-order valence-electron chi connectivity index (χ2n) is 7.99. The first kappa shape index (κ1) is 22.3. The second kappa shape index (κ2) is 10.1. The average Bonchev–Trinajstić information content (AvgIpc) is 3.25. The number of benzene rings is 2. The van der Waals surface area contributed by atoms with Crippen LogP contribution in [0.2, 0.25) is 0 Å². The average molecular weight is 445 g/mol. The number of carbonyl (C=O) groups is 1. The zero-order chi connectivity index (χ0) is 23.2. The van der Waals surface area contributed by atoms with Crippen LogP contribution in [0.1, 0.15) is 16.9 Å². The molecule has 170 valence electrons. The Morgan fingerprint density at radius 3 is 2.79 bits per heavy atom. The van der Waals surface area contributed by atoms with Gasteiger partial charge in [-0.05, 0) is 69.5 Å². The van der Waals surface area contributed by atoms with Crippen molar-refractivity contribution >= 4 is 28.4 Å². The van der Waals surface area contributed by atoms with Crippen LogP contribution < -0.4 is 15.4 Å². The molecule has 2 heterocycles. The molecule has 2 aromatic carbocycles. The standard InChI is InChI=1S/C25H28N6O2/c1-31(2)14-6-12-26-24(32)22-16-17-15-18(9-10-20(17)29-22)28-25-27-13-11-21(30-25)19-7-4-5-8-23(19)33-3/h4-5,7-11,13,15-16,29H,6,12,14H2,1-3H3,(H,26,32)(H,27,28,30). The molecule has 33 heavy (non-hydrogen) atoms. The molecule has 0 spiro atoms. The molecule has 0 aliphatic carbocycles. The number of H-pyrrole nitrogens is 1. The molecule has 8 nitrogen and oxygen atoms in total. The van der Waals surface area contributed by atoms with Gasteiger partial charge in [0, 0.05) is 34.9 Å². The lowest BCUT2D eigenvalue weighted by molar-refractivity contribution is 0.0948. The molecule has 4 aromatic rings. The van der Waals surface area contributed by atoms with E-state index in [9.17, 15) is 4.79 Å². The highest BCUT2D eigenvalue weighted by molar-refractivity contribution is 5.98. The van der Waals surface area contributed by atoms with Crippen molar-refractivity contribution in [3.63, 3.8) is 0 Å². The zero-order valence-corrected chi connectivity index (χ0v) is 19.1. The summed E-state index contributed by atoms with van der Waals surface area (Å²) in [5, 5.41) is 7.14. The van der Waals surface area contributed by atoms with Crippen LogP contribution >= 0.6 is 0 Å². The van der Waals surface area contributed by atoms with Gasteiger partial charge in [-0.1, -0.05) is 12.1 Å². The number of anilines is 2. The molecule has 0 atom stereocenters. The minimum absolute atomic E-state index is 0.104. The van der Waals surface area contributed by atoms with Crippen molar-refractivity contribution in [1.29, 1.82) is 0 Å². The van der Waals surface area contributed by atoms with E-state index in [4.69, 9.17) is 4.74 Å². The van der Waals surface area contributed by atoms with E-state index >= 15 is 0 Å². The summed E-state index contributed by atoms with van der Waals surface area (Å²) in [6.07, 6.45) is 2.62. The highest BCUT2D eigenvalue weighted by Gasteiger charge is 2.11. The second-order valence-corrected chi connectivity index (χ2v) is 7.99. The fraction of sp³-hybridized carbons (Fsp3) is 0.240. The number of nitrogens with one attached hydrogen (secondary N) is 3. The predicted molar refractivity (Wildman–Crippen MR) is 131 cm³/mol. The van der Waals surface area contributed by atoms with Gasteiger partial charge in [0.2, 0.25) is 5.95 Å². The van der Waals surface area contributed by atoms with Crippen LogP contribution in [0, 0.1) is 0 Å². The van der Waals surface area contributed by atoms with Crippen molar-refractivity contribution in [3.05, 3.63) is 66.5 Å². The number of methoxy groups -OCH3 is 1. The Balaban J connectivity index is 1.48. The van der Waals surface area contributed by atoms with Gasteiger partial charge in [-0.15, -0.1) is 0 Å². The summed E-state index contributed by atoms with van der Waals surface area (Å²) >= 11 is 0. The van der Waals surface area contributed by atoms with Crippen LogP contribution in [-0.2, 0) is 0 Å². The topological polar surface area (TPSA) is 95.2 Å². The van der Waals surface area contributed by atoms with E-state index in [1.54, 1.807) is 13.3 Å². The number of aromatic nitrogens is 3. The van der Waals surface area contributed by atoms with E-state index in [-0.39, 0.29) is 5.91 Å². The Labute approximate surface area is 193 Å². The van der Waals surface area contributed by atoms with Crippen LogP contribution in [0.25, 0.3) is 22.2 Å². The number of fused-ring (bicyclic) bond motifs is 1. The molecular formula is C25H28N6O2. The number of hydrogen-bond acceptors (Lipinski definition) is 6. The van der Waals surface area contributed by atoms with Crippen LogP contribution in [0.5, 0.6) is 5.75 Å². The lowest BCUT2D eigenvalue weighted by Gasteiger charge is -2.09. The Kier molecular flexibility index (Phi) is 6.85. The summed E-state index contributed by atoms with van der Waals surface area (Å²) in [6.45, 7) is 1.57. The molecule has 0 aliphatic heterocycles. The monoisotopic (exact) mass is 444 g/mol. The molecule has 0 saturated heterocycles. The number of rotatable bonds is 9. The van der Waals surface area contributed by atoms with Crippen LogP contribution in [0.4, 0.5) is 11.6 Å². The molecule has 2 aromatic heterocycles. The molecule has 0 bridgehead atoms. The number of nitrogens with zero attached hydrogens (tertiary/aromatic N) is 3. The summed E-state index contributed by atoms with van der Waals surface area (Å²) in [4.78, 5) is 26.7. The summed E-state index contributed by atoms with van der Waals surface area (Å²) in [5.74, 6) is 1.13. The quantitative estimate of drug-likeness (QED) is 0.337. The molecule has 1 amide bonds. The summed E-state index contributed by atoms with van der Waals surface area (Å²) in [7, 11) is 5.68. The molecular weight excluding hydrogens is 416 g/mol. The van der Waals surface area contributed by atoms with Gasteiger partial charge in [0.1, 0.15) is 11.4 Å². The van der Waals surface area contributed by atoms with E-state index in [1.807, 2.05) is 68.7 Å². The molecule has 4 rings (SSSR count). The number of ether oxygens (including phenoxy) is 1. The first-order valence-electron chi connectivity index (χ1n) is 10.8. The SMILES string of the molecule is COc1ccccc1-c1ccnc(Nc2ccc3[nH]c(C(=O)NCCCN(C)C)cc3c2)n1. The van der Waals surface area contributed by atoms with Crippen molar-refractivity contribution in [2.75, 3.05) is 39.6 Å². The predicted octanol–water partition coefficient (Wildman–Crippen LogP) is 4.06. The fourth-order valence-electron chi connectivity index (χ4n) is 3.58. The molecule has 3 N–H and O–H groups in total. The normalized spacial score (nSPS) is 11.0. The minimum atomic E-state index is -0.104. The molecule has 0 saturated carbocycles. The number of aromatic amines is 1. The van der Waals surface area contributed by atoms with Crippen LogP contribution in [0.15, 0.2) is 60.8 Å². The van der Waals surface area contributed by atoms with E-state index < -0.39 is 0 Å². The third kappa shape index (κ3) is 5.48. The van der Waals surface area contributed by atoms with E-state index in [0.29, 0.717) is 18.2 Å². The van der Waals surface area contributed by atoms with E-state index in [0.717, 1.165) is 46.6 Å². The van der Waals surface area contributed by atoms with Crippen molar-refractivity contribution in [1.82, 2.24) is 25.2 Å². The van der Waals surface area contributed by atoms with Gasteiger partial charge in [0.25, 0.3) is 5.91 Å². The summed E-state index contributed by atoms with van der Waals surface area (Å²) < 4.78 is 5.45.